The van der Waals surface area contributed by atoms with Crippen LogP contribution in [-0.4, -0.2) is 36.0 Å². The summed E-state index contributed by atoms with van der Waals surface area (Å²) in [4.78, 5) is 14.2. The first-order valence-electron chi connectivity index (χ1n) is 6.68. The molecule has 2 heterocycles. The van der Waals surface area contributed by atoms with Gasteiger partial charge in [0.25, 0.3) is 0 Å². The van der Waals surface area contributed by atoms with E-state index in [1.165, 1.54) is 25.7 Å². The molecule has 90 valence electrons. The van der Waals surface area contributed by atoms with Crippen LogP contribution >= 0.6 is 0 Å². The molecule has 1 saturated carbocycles. The minimum absolute atomic E-state index is 0.345. The lowest BCUT2D eigenvalue weighted by molar-refractivity contribution is -0.134. The van der Waals surface area contributed by atoms with E-state index in [4.69, 9.17) is 0 Å². The van der Waals surface area contributed by atoms with E-state index in [-0.39, 0.29) is 0 Å². The number of amides is 1. The predicted molar refractivity (Wildman–Crippen MR) is 63.0 cm³/mol. The molecule has 3 heteroatoms. The Bertz CT molecular complexity index is 292. The lowest BCUT2D eigenvalue weighted by Gasteiger charge is -2.35. The minimum Gasteiger partial charge on any atom is -0.342 e. The second kappa shape index (κ2) is 3.73. The Labute approximate surface area is 97.6 Å². The van der Waals surface area contributed by atoms with Crippen molar-refractivity contribution < 1.29 is 4.79 Å². The van der Waals surface area contributed by atoms with Gasteiger partial charge in [0, 0.05) is 31.1 Å². The average molecular weight is 222 g/mol. The molecule has 1 N–H and O–H groups in total. The highest BCUT2D eigenvalue weighted by molar-refractivity contribution is 5.81. The molecule has 4 atom stereocenters. The van der Waals surface area contributed by atoms with E-state index in [1.54, 1.807) is 0 Å². The van der Waals surface area contributed by atoms with Crippen LogP contribution in [0.2, 0.25) is 0 Å². The number of piperidine rings is 1. The molecule has 3 rings (SSSR count). The van der Waals surface area contributed by atoms with Crippen molar-refractivity contribution in [1.29, 1.82) is 0 Å². The Balaban J connectivity index is 1.62. The molecule has 0 spiro atoms. The largest absolute Gasteiger partial charge is 0.342 e. The standard InChI is InChI=1S/C13H22N2O/c1-8-5-12(8)13(16)15(2)11-6-9-3-4-10(7-11)14-9/h8-12,14H,3-7H2,1-2H3. The SMILES string of the molecule is CC1CC1C(=O)N(C)C1CC2CCC(C1)N2. The van der Waals surface area contributed by atoms with Crippen molar-refractivity contribution in [3.8, 4) is 0 Å². The number of rotatable bonds is 2. The monoisotopic (exact) mass is 222 g/mol. The van der Waals surface area contributed by atoms with E-state index in [0.717, 1.165) is 6.42 Å². The van der Waals surface area contributed by atoms with Crippen LogP contribution in [0.3, 0.4) is 0 Å². The molecule has 1 aliphatic carbocycles. The maximum atomic E-state index is 12.2. The van der Waals surface area contributed by atoms with Gasteiger partial charge < -0.3 is 10.2 Å². The van der Waals surface area contributed by atoms with Crippen LogP contribution in [0.15, 0.2) is 0 Å². The maximum absolute atomic E-state index is 12.2. The first-order chi connectivity index (χ1) is 7.65. The summed E-state index contributed by atoms with van der Waals surface area (Å²) in [6, 6.07) is 1.85. The van der Waals surface area contributed by atoms with Crippen molar-refractivity contribution in [1.82, 2.24) is 10.2 Å². The summed E-state index contributed by atoms with van der Waals surface area (Å²) in [5, 5.41) is 3.63. The molecule has 2 bridgehead atoms. The first kappa shape index (κ1) is 10.6. The van der Waals surface area contributed by atoms with Crippen LogP contribution < -0.4 is 5.32 Å². The molecular weight excluding hydrogens is 200 g/mol. The smallest absolute Gasteiger partial charge is 0.225 e. The van der Waals surface area contributed by atoms with E-state index in [2.05, 4.69) is 17.1 Å². The third-order valence-corrected chi connectivity index (χ3v) is 4.77. The van der Waals surface area contributed by atoms with Crippen LogP contribution in [0.4, 0.5) is 0 Å². The second-order valence-corrected chi connectivity index (χ2v) is 6.03. The van der Waals surface area contributed by atoms with Crippen LogP contribution in [0, 0.1) is 11.8 Å². The van der Waals surface area contributed by atoms with Gasteiger partial charge >= 0.3 is 0 Å². The summed E-state index contributed by atoms with van der Waals surface area (Å²) in [5.41, 5.74) is 0. The van der Waals surface area contributed by atoms with E-state index in [1.807, 2.05) is 7.05 Å². The summed E-state index contributed by atoms with van der Waals surface area (Å²) in [6.45, 7) is 2.18. The zero-order valence-corrected chi connectivity index (χ0v) is 10.3. The van der Waals surface area contributed by atoms with E-state index < -0.39 is 0 Å². The van der Waals surface area contributed by atoms with E-state index in [0.29, 0.717) is 35.9 Å². The van der Waals surface area contributed by atoms with Crippen molar-refractivity contribution in [2.75, 3.05) is 7.05 Å². The third-order valence-electron chi connectivity index (χ3n) is 4.77. The lowest BCUT2D eigenvalue weighted by Crippen LogP contribution is -2.49. The fourth-order valence-electron chi connectivity index (χ4n) is 3.45. The van der Waals surface area contributed by atoms with Gasteiger partial charge in [-0.3, -0.25) is 4.79 Å². The highest BCUT2D eigenvalue weighted by Crippen LogP contribution is 2.40. The Morgan fingerprint density at radius 2 is 1.75 bits per heavy atom. The van der Waals surface area contributed by atoms with E-state index in [9.17, 15) is 4.79 Å². The number of carbonyl (C=O) groups is 1. The number of nitrogens with zero attached hydrogens (tertiary/aromatic N) is 1. The Hall–Kier alpha value is -0.570. The number of hydrogen-bond acceptors (Lipinski definition) is 2. The summed E-state index contributed by atoms with van der Waals surface area (Å²) in [7, 11) is 2.02. The maximum Gasteiger partial charge on any atom is 0.225 e. The molecule has 0 aromatic carbocycles. The molecule has 3 nitrogen and oxygen atoms in total. The van der Waals surface area contributed by atoms with Gasteiger partial charge in [0.2, 0.25) is 5.91 Å². The van der Waals surface area contributed by atoms with Gasteiger partial charge in [-0.05, 0) is 38.0 Å². The zero-order chi connectivity index (χ0) is 11.3. The molecule has 0 radical (unpaired) electrons. The molecule has 0 aromatic heterocycles. The summed E-state index contributed by atoms with van der Waals surface area (Å²) in [6.07, 6.45) is 6.06. The molecule has 2 saturated heterocycles. The normalized spacial score (nSPS) is 45.5. The molecular formula is C13H22N2O. The number of nitrogens with one attached hydrogen (secondary N) is 1. The van der Waals surface area contributed by atoms with Gasteiger partial charge in [0.05, 0.1) is 0 Å². The lowest BCUT2D eigenvalue weighted by atomic mass is 9.98. The van der Waals surface area contributed by atoms with Crippen molar-refractivity contribution >= 4 is 5.91 Å². The van der Waals surface area contributed by atoms with Crippen molar-refractivity contribution in [3.63, 3.8) is 0 Å². The van der Waals surface area contributed by atoms with E-state index >= 15 is 0 Å². The Kier molecular flexibility index (Phi) is 2.46. The highest BCUT2D eigenvalue weighted by Gasteiger charge is 2.44. The molecule has 2 aliphatic heterocycles. The Morgan fingerprint density at radius 1 is 1.19 bits per heavy atom. The fraction of sp³-hybridized carbons (Fsp3) is 0.923. The minimum atomic E-state index is 0.345. The van der Waals surface area contributed by atoms with Crippen molar-refractivity contribution in [2.24, 2.45) is 11.8 Å². The molecule has 1 amide bonds. The van der Waals surface area contributed by atoms with Gasteiger partial charge in [-0.15, -0.1) is 0 Å². The topological polar surface area (TPSA) is 32.3 Å². The summed E-state index contributed by atoms with van der Waals surface area (Å²) in [5.74, 6) is 1.38. The fourth-order valence-corrected chi connectivity index (χ4v) is 3.45. The number of hydrogen-bond donors (Lipinski definition) is 1. The van der Waals surface area contributed by atoms with Crippen molar-refractivity contribution in [3.05, 3.63) is 0 Å². The van der Waals surface area contributed by atoms with Gasteiger partial charge in [0.15, 0.2) is 0 Å². The van der Waals surface area contributed by atoms with Gasteiger partial charge in [0.1, 0.15) is 0 Å². The van der Waals surface area contributed by atoms with Gasteiger partial charge in [-0.25, -0.2) is 0 Å². The Morgan fingerprint density at radius 3 is 2.25 bits per heavy atom. The van der Waals surface area contributed by atoms with Crippen LogP contribution in [0.1, 0.15) is 39.0 Å². The third kappa shape index (κ3) is 1.75. The second-order valence-electron chi connectivity index (χ2n) is 6.03. The molecule has 0 aromatic rings. The quantitative estimate of drug-likeness (QED) is 0.765. The molecule has 4 unspecified atom stereocenters. The highest BCUT2D eigenvalue weighted by atomic mass is 16.2. The van der Waals surface area contributed by atoms with Crippen LogP contribution in [0.5, 0.6) is 0 Å². The predicted octanol–water partition coefficient (Wildman–Crippen LogP) is 1.38. The number of fused-ring (bicyclic) bond motifs is 2. The van der Waals surface area contributed by atoms with Gasteiger partial charge in [-0.2, -0.15) is 0 Å². The van der Waals surface area contributed by atoms with Gasteiger partial charge in [-0.1, -0.05) is 6.92 Å². The molecule has 3 fully saturated rings. The first-order valence-corrected chi connectivity index (χ1v) is 6.68. The number of carbonyl (C=O) groups excluding carboxylic acids is 1. The zero-order valence-electron chi connectivity index (χ0n) is 10.3. The average Bonchev–Trinajstić information content (AvgIpc) is 2.92. The van der Waals surface area contributed by atoms with Crippen molar-refractivity contribution in [2.45, 2.75) is 57.2 Å². The summed E-state index contributed by atoms with van der Waals surface area (Å²) >= 11 is 0. The molecule has 3 aliphatic rings. The molecule has 16 heavy (non-hydrogen) atoms. The summed E-state index contributed by atoms with van der Waals surface area (Å²) < 4.78 is 0. The van der Waals surface area contributed by atoms with Crippen LogP contribution in [-0.2, 0) is 4.79 Å². The van der Waals surface area contributed by atoms with Crippen LogP contribution in [0.25, 0.3) is 0 Å².